The summed E-state index contributed by atoms with van der Waals surface area (Å²) in [6.07, 6.45) is -3.38. The van der Waals surface area contributed by atoms with Crippen molar-refractivity contribution in [2.45, 2.75) is 19.5 Å². The van der Waals surface area contributed by atoms with Crippen LogP contribution < -0.4 is 21.3 Å². The van der Waals surface area contributed by atoms with Crippen LogP contribution in [-0.4, -0.2) is 29.1 Å². The van der Waals surface area contributed by atoms with E-state index < -0.39 is 11.7 Å². The van der Waals surface area contributed by atoms with Crippen molar-refractivity contribution in [2.75, 3.05) is 29.0 Å². The lowest BCUT2D eigenvalue weighted by Crippen LogP contribution is -2.31. The van der Waals surface area contributed by atoms with E-state index in [1.54, 1.807) is 36.4 Å². The normalized spacial score (nSPS) is 12.1. The first kappa shape index (κ1) is 26.4. The number of urea groups is 1. The Kier molecular flexibility index (Phi) is 9.00. The summed E-state index contributed by atoms with van der Waals surface area (Å²) in [5.74, 6) is -0.447. The first-order chi connectivity index (χ1) is 16.6. The number of hydrogen-bond donors (Lipinski definition) is 4. The standard InChI is InChI=1S/C23H23Cl2F3N6O/c1-14(9-10-29-22(35)33-15-5-3-2-4-6-15)12-30-20-17(23(26,27)28)13-31-21(34-20)32-16-7-8-18(24)19(25)11-16/h2-8,11,13-14H,9-10,12H2,1H3,(H2,29,33,35)(H2,30,31,32,34). The van der Waals surface area contributed by atoms with Crippen molar-refractivity contribution in [3.05, 3.63) is 70.3 Å². The maximum absolute atomic E-state index is 13.5. The molecule has 0 bridgehead atoms. The van der Waals surface area contributed by atoms with Crippen LogP contribution >= 0.6 is 23.2 Å². The van der Waals surface area contributed by atoms with E-state index in [4.69, 9.17) is 23.2 Å². The van der Waals surface area contributed by atoms with Crippen LogP contribution in [0.3, 0.4) is 0 Å². The summed E-state index contributed by atoms with van der Waals surface area (Å²) < 4.78 is 40.4. The fraction of sp³-hybridized carbons (Fsp3) is 0.261. The zero-order valence-corrected chi connectivity index (χ0v) is 20.1. The van der Waals surface area contributed by atoms with Gasteiger partial charge in [-0.15, -0.1) is 0 Å². The second kappa shape index (κ2) is 11.9. The number of carbonyl (C=O) groups is 1. The predicted octanol–water partition coefficient (Wildman–Crippen LogP) is 6.81. The van der Waals surface area contributed by atoms with Crippen LogP contribution in [0.2, 0.25) is 10.0 Å². The van der Waals surface area contributed by atoms with Crippen LogP contribution in [0.5, 0.6) is 0 Å². The SMILES string of the molecule is CC(CCNC(=O)Nc1ccccc1)CNc1nc(Nc2ccc(Cl)c(Cl)c2)ncc1C(F)(F)F. The van der Waals surface area contributed by atoms with Crippen molar-refractivity contribution in [2.24, 2.45) is 5.92 Å². The fourth-order valence-electron chi connectivity index (χ4n) is 2.99. The van der Waals surface area contributed by atoms with Gasteiger partial charge in [0.1, 0.15) is 11.4 Å². The molecule has 0 fully saturated rings. The summed E-state index contributed by atoms with van der Waals surface area (Å²) in [5, 5.41) is 11.6. The van der Waals surface area contributed by atoms with Gasteiger partial charge in [-0.3, -0.25) is 0 Å². The van der Waals surface area contributed by atoms with Crippen LogP contribution in [0.15, 0.2) is 54.7 Å². The molecule has 0 saturated carbocycles. The largest absolute Gasteiger partial charge is 0.421 e. The van der Waals surface area contributed by atoms with Gasteiger partial charge in [0.25, 0.3) is 0 Å². The average molecular weight is 527 g/mol. The van der Waals surface area contributed by atoms with Gasteiger partial charge in [0.05, 0.1) is 10.0 Å². The third-order valence-corrected chi connectivity index (χ3v) is 5.58. The molecule has 0 aliphatic heterocycles. The molecule has 1 atom stereocenters. The lowest BCUT2D eigenvalue weighted by atomic mass is 10.1. The molecule has 7 nitrogen and oxygen atoms in total. The van der Waals surface area contributed by atoms with Gasteiger partial charge in [-0.05, 0) is 42.7 Å². The molecule has 0 aliphatic carbocycles. The second-order valence-electron chi connectivity index (χ2n) is 7.73. The van der Waals surface area contributed by atoms with E-state index in [2.05, 4.69) is 31.2 Å². The number of amides is 2. The number of carbonyl (C=O) groups excluding carboxylic acids is 1. The first-order valence-corrected chi connectivity index (χ1v) is 11.4. The monoisotopic (exact) mass is 526 g/mol. The minimum atomic E-state index is -4.63. The summed E-state index contributed by atoms with van der Waals surface area (Å²) in [6.45, 7) is 2.41. The third kappa shape index (κ3) is 8.18. The van der Waals surface area contributed by atoms with Crippen LogP contribution in [0, 0.1) is 5.92 Å². The van der Waals surface area contributed by atoms with E-state index in [-0.39, 0.29) is 35.3 Å². The Balaban J connectivity index is 1.57. The van der Waals surface area contributed by atoms with Gasteiger partial charge in [0.2, 0.25) is 5.95 Å². The third-order valence-electron chi connectivity index (χ3n) is 4.84. The highest BCUT2D eigenvalue weighted by Gasteiger charge is 2.35. The van der Waals surface area contributed by atoms with E-state index in [0.29, 0.717) is 29.4 Å². The molecule has 2 amide bonds. The molecule has 1 unspecified atom stereocenters. The summed E-state index contributed by atoms with van der Waals surface area (Å²) in [5.41, 5.74) is 0.150. The number of benzene rings is 2. The van der Waals surface area contributed by atoms with Crippen LogP contribution in [-0.2, 0) is 6.18 Å². The average Bonchev–Trinajstić information content (AvgIpc) is 2.80. The molecule has 12 heteroatoms. The zero-order valence-electron chi connectivity index (χ0n) is 18.6. The van der Waals surface area contributed by atoms with Crippen LogP contribution in [0.1, 0.15) is 18.9 Å². The van der Waals surface area contributed by atoms with Gasteiger partial charge >= 0.3 is 12.2 Å². The predicted molar refractivity (Wildman–Crippen MR) is 133 cm³/mol. The number of alkyl halides is 3. The number of aromatic nitrogens is 2. The van der Waals surface area contributed by atoms with E-state index in [9.17, 15) is 18.0 Å². The zero-order chi connectivity index (χ0) is 25.4. The summed E-state index contributed by atoms with van der Waals surface area (Å²) in [6, 6.07) is 13.3. The van der Waals surface area contributed by atoms with Gasteiger partial charge in [0, 0.05) is 30.7 Å². The van der Waals surface area contributed by atoms with E-state index >= 15 is 0 Å². The smallest absolute Gasteiger partial charge is 0.369 e. The van der Waals surface area contributed by atoms with Gasteiger partial charge < -0.3 is 21.3 Å². The molecule has 0 saturated heterocycles. The number of rotatable bonds is 9. The quantitative estimate of drug-likeness (QED) is 0.246. The van der Waals surface area contributed by atoms with Gasteiger partial charge in [-0.1, -0.05) is 48.3 Å². The minimum Gasteiger partial charge on any atom is -0.369 e. The van der Waals surface area contributed by atoms with Crippen LogP contribution in [0.4, 0.5) is 41.1 Å². The Hall–Kier alpha value is -3.24. The Morgan fingerprint density at radius 3 is 2.49 bits per heavy atom. The van der Waals surface area contributed by atoms with Crippen molar-refractivity contribution >= 4 is 52.4 Å². The number of para-hydroxylation sites is 1. The van der Waals surface area contributed by atoms with Crippen molar-refractivity contribution in [1.82, 2.24) is 15.3 Å². The van der Waals surface area contributed by atoms with Crippen molar-refractivity contribution in [1.29, 1.82) is 0 Å². The van der Waals surface area contributed by atoms with Gasteiger partial charge in [-0.2, -0.15) is 18.2 Å². The molecule has 3 aromatic rings. The highest BCUT2D eigenvalue weighted by molar-refractivity contribution is 6.42. The molecule has 2 aromatic carbocycles. The topological polar surface area (TPSA) is 91.0 Å². The number of nitrogens with zero attached hydrogens (tertiary/aromatic N) is 2. The number of hydrogen-bond acceptors (Lipinski definition) is 5. The number of halogens is 5. The molecule has 0 radical (unpaired) electrons. The molecule has 1 heterocycles. The molecule has 3 rings (SSSR count). The lowest BCUT2D eigenvalue weighted by molar-refractivity contribution is -0.137. The highest BCUT2D eigenvalue weighted by atomic mass is 35.5. The highest BCUT2D eigenvalue weighted by Crippen LogP contribution is 2.34. The molecular formula is C23H23Cl2F3N6O. The summed E-state index contributed by atoms with van der Waals surface area (Å²) in [4.78, 5) is 19.7. The second-order valence-corrected chi connectivity index (χ2v) is 8.54. The molecular weight excluding hydrogens is 504 g/mol. The first-order valence-electron chi connectivity index (χ1n) is 10.6. The van der Waals surface area contributed by atoms with Crippen molar-refractivity contribution in [3.63, 3.8) is 0 Å². The maximum atomic E-state index is 13.5. The number of anilines is 4. The maximum Gasteiger partial charge on any atom is 0.421 e. The molecule has 0 aliphatic rings. The summed E-state index contributed by atoms with van der Waals surface area (Å²) >= 11 is 11.9. The van der Waals surface area contributed by atoms with E-state index in [1.807, 2.05) is 13.0 Å². The van der Waals surface area contributed by atoms with Crippen molar-refractivity contribution < 1.29 is 18.0 Å². The molecule has 1 aromatic heterocycles. The molecule has 186 valence electrons. The number of nitrogens with one attached hydrogen (secondary N) is 4. The van der Waals surface area contributed by atoms with E-state index in [0.717, 1.165) is 6.20 Å². The van der Waals surface area contributed by atoms with Gasteiger partial charge in [0.15, 0.2) is 0 Å². The van der Waals surface area contributed by atoms with Crippen molar-refractivity contribution in [3.8, 4) is 0 Å². The van der Waals surface area contributed by atoms with Gasteiger partial charge in [-0.25, -0.2) is 9.78 Å². The Bertz CT molecular complexity index is 1150. The van der Waals surface area contributed by atoms with Crippen LogP contribution in [0.25, 0.3) is 0 Å². The summed E-state index contributed by atoms with van der Waals surface area (Å²) in [7, 11) is 0. The Morgan fingerprint density at radius 1 is 1.06 bits per heavy atom. The Morgan fingerprint density at radius 2 is 1.80 bits per heavy atom. The Labute approximate surface area is 210 Å². The lowest BCUT2D eigenvalue weighted by Gasteiger charge is -2.18. The fourth-order valence-corrected chi connectivity index (χ4v) is 3.29. The minimum absolute atomic E-state index is 0.0363. The molecule has 4 N–H and O–H groups in total. The van der Waals surface area contributed by atoms with E-state index in [1.165, 1.54) is 6.07 Å². The molecule has 0 spiro atoms. The molecule has 35 heavy (non-hydrogen) atoms.